The average Bonchev–Trinajstić information content (AvgIpc) is 3.08. The Kier molecular flexibility index (Phi) is 3.74. The number of alkyl halides is 2. The molecule has 1 aliphatic heterocycles. The standard InChI is InChI=1S/C14H15F2N3O2/c15-14(16)21-9-5-3-8(4-6-9)11-12(18-19-13(11)17)10-2-1-7-20-10/h3-6,10,14H,1-2,7H2,(H3,17,18,19). The fourth-order valence-corrected chi connectivity index (χ4v) is 2.51. The molecule has 112 valence electrons. The maximum Gasteiger partial charge on any atom is 0.387 e. The molecule has 0 aliphatic carbocycles. The molecule has 21 heavy (non-hydrogen) atoms. The molecule has 1 aromatic carbocycles. The van der Waals surface area contributed by atoms with E-state index < -0.39 is 6.61 Å². The smallest absolute Gasteiger partial charge is 0.387 e. The summed E-state index contributed by atoms with van der Waals surface area (Å²) >= 11 is 0. The van der Waals surface area contributed by atoms with Crippen molar-refractivity contribution in [2.75, 3.05) is 12.3 Å². The molecule has 0 spiro atoms. The number of halogens is 2. The van der Waals surface area contributed by atoms with Crippen LogP contribution >= 0.6 is 0 Å². The summed E-state index contributed by atoms with van der Waals surface area (Å²) in [6, 6.07) is 6.31. The van der Waals surface area contributed by atoms with Gasteiger partial charge in [-0.1, -0.05) is 12.1 Å². The lowest BCUT2D eigenvalue weighted by Crippen LogP contribution is -2.02. The Balaban J connectivity index is 1.91. The van der Waals surface area contributed by atoms with Gasteiger partial charge in [-0.3, -0.25) is 5.10 Å². The average molecular weight is 295 g/mol. The number of nitrogen functional groups attached to an aromatic ring is 1. The van der Waals surface area contributed by atoms with Crippen LogP contribution in [0.5, 0.6) is 5.75 Å². The first kappa shape index (κ1) is 13.8. The molecular formula is C14H15F2N3O2. The monoisotopic (exact) mass is 295 g/mol. The van der Waals surface area contributed by atoms with Crippen molar-refractivity contribution in [1.29, 1.82) is 0 Å². The second-order valence-corrected chi connectivity index (χ2v) is 4.80. The third-order valence-corrected chi connectivity index (χ3v) is 3.44. The fourth-order valence-electron chi connectivity index (χ4n) is 2.51. The summed E-state index contributed by atoms with van der Waals surface area (Å²) in [5.41, 5.74) is 8.28. The first-order chi connectivity index (χ1) is 10.1. The highest BCUT2D eigenvalue weighted by Gasteiger charge is 2.25. The number of ether oxygens (including phenoxy) is 2. The van der Waals surface area contributed by atoms with Crippen LogP contribution in [0.1, 0.15) is 24.6 Å². The minimum atomic E-state index is -2.84. The summed E-state index contributed by atoms with van der Waals surface area (Å²) < 4.78 is 34.3. The van der Waals surface area contributed by atoms with Gasteiger partial charge in [0.2, 0.25) is 0 Å². The summed E-state index contributed by atoms with van der Waals surface area (Å²) in [5.74, 6) is 0.470. The first-order valence-electron chi connectivity index (χ1n) is 6.65. The zero-order valence-corrected chi connectivity index (χ0v) is 11.2. The lowest BCUT2D eigenvalue weighted by molar-refractivity contribution is -0.0498. The Morgan fingerprint density at radius 2 is 2.10 bits per heavy atom. The Labute approximate surface area is 120 Å². The van der Waals surface area contributed by atoms with E-state index >= 15 is 0 Å². The van der Waals surface area contributed by atoms with Crippen molar-refractivity contribution < 1.29 is 18.3 Å². The minimum Gasteiger partial charge on any atom is -0.435 e. The van der Waals surface area contributed by atoms with E-state index in [4.69, 9.17) is 10.5 Å². The number of nitrogens with zero attached hydrogens (tertiary/aromatic N) is 1. The number of H-pyrrole nitrogens is 1. The SMILES string of the molecule is Nc1n[nH]c(C2CCCO2)c1-c1ccc(OC(F)F)cc1. The fraction of sp³-hybridized carbons (Fsp3) is 0.357. The molecule has 1 unspecified atom stereocenters. The molecule has 0 bridgehead atoms. The van der Waals surface area contributed by atoms with Crippen LogP contribution in [0.25, 0.3) is 11.1 Å². The highest BCUT2D eigenvalue weighted by Crippen LogP contribution is 2.37. The molecule has 7 heteroatoms. The van der Waals surface area contributed by atoms with Gasteiger partial charge in [0.25, 0.3) is 0 Å². The van der Waals surface area contributed by atoms with Gasteiger partial charge >= 0.3 is 6.61 Å². The Hall–Kier alpha value is -2.15. The summed E-state index contributed by atoms with van der Waals surface area (Å²) in [7, 11) is 0. The van der Waals surface area contributed by atoms with E-state index in [2.05, 4.69) is 14.9 Å². The predicted molar refractivity (Wildman–Crippen MR) is 73.0 cm³/mol. The van der Waals surface area contributed by atoms with Crippen LogP contribution in [0.4, 0.5) is 14.6 Å². The van der Waals surface area contributed by atoms with Crippen molar-refractivity contribution in [2.24, 2.45) is 0 Å². The number of nitrogens with two attached hydrogens (primary N) is 1. The van der Waals surface area contributed by atoms with Crippen LogP contribution < -0.4 is 10.5 Å². The normalized spacial score (nSPS) is 18.3. The van der Waals surface area contributed by atoms with E-state index in [1.807, 2.05) is 0 Å². The maximum absolute atomic E-state index is 12.2. The van der Waals surface area contributed by atoms with Crippen LogP contribution in [0, 0.1) is 0 Å². The topological polar surface area (TPSA) is 73.2 Å². The predicted octanol–water partition coefficient (Wildman–Crippen LogP) is 3.11. The van der Waals surface area contributed by atoms with Crippen molar-refractivity contribution in [3.8, 4) is 16.9 Å². The number of aromatic nitrogens is 2. The molecule has 5 nitrogen and oxygen atoms in total. The van der Waals surface area contributed by atoms with Gasteiger partial charge in [-0.25, -0.2) is 0 Å². The largest absolute Gasteiger partial charge is 0.435 e. The van der Waals surface area contributed by atoms with Crippen LogP contribution in [0.3, 0.4) is 0 Å². The highest BCUT2D eigenvalue weighted by atomic mass is 19.3. The van der Waals surface area contributed by atoms with Gasteiger partial charge in [-0.15, -0.1) is 0 Å². The van der Waals surface area contributed by atoms with Gasteiger partial charge in [0, 0.05) is 12.2 Å². The zero-order valence-electron chi connectivity index (χ0n) is 11.2. The van der Waals surface area contributed by atoms with Crippen molar-refractivity contribution in [2.45, 2.75) is 25.6 Å². The molecule has 2 heterocycles. The van der Waals surface area contributed by atoms with Crippen LogP contribution in [-0.2, 0) is 4.74 Å². The summed E-state index contributed by atoms with van der Waals surface area (Å²) in [6.45, 7) is -2.12. The lowest BCUT2D eigenvalue weighted by atomic mass is 10.0. The summed E-state index contributed by atoms with van der Waals surface area (Å²) in [4.78, 5) is 0. The molecule has 1 fully saturated rings. The Morgan fingerprint density at radius 3 is 2.71 bits per heavy atom. The number of rotatable bonds is 4. The van der Waals surface area contributed by atoms with Crippen molar-refractivity contribution in [1.82, 2.24) is 10.2 Å². The number of anilines is 1. The van der Waals surface area contributed by atoms with E-state index in [9.17, 15) is 8.78 Å². The van der Waals surface area contributed by atoms with Crippen molar-refractivity contribution in [3.63, 3.8) is 0 Å². The summed E-state index contributed by atoms with van der Waals surface area (Å²) in [5, 5.41) is 6.94. The highest BCUT2D eigenvalue weighted by molar-refractivity contribution is 5.76. The molecule has 1 aromatic heterocycles. The molecule has 0 radical (unpaired) electrons. The lowest BCUT2D eigenvalue weighted by Gasteiger charge is -2.11. The van der Waals surface area contributed by atoms with E-state index in [0.717, 1.165) is 29.7 Å². The molecule has 3 rings (SSSR count). The van der Waals surface area contributed by atoms with Crippen molar-refractivity contribution >= 4 is 5.82 Å². The van der Waals surface area contributed by atoms with Crippen LogP contribution in [0.2, 0.25) is 0 Å². The molecule has 3 N–H and O–H groups in total. The van der Waals surface area contributed by atoms with E-state index in [1.165, 1.54) is 12.1 Å². The maximum atomic E-state index is 12.2. The van der Waals surface area contributed by atoms with Gasteiger partial charge in [0.1, 0.15) is 5.75 Å². The van der Waals surface area contributed by atoms with Gasteiger partial charge in [-0.05, 0) is 30.5 Å². The van der Waals surface area contributed by atoms with Gasteiger partial charge in [0.15, 0.2) is 5.82 Å². The number of hydrogen-bond donors (Lipinski definition) is 2. The van der Waals surface area contributed by atoms with Crippen LogP contribution in [-0.4, -0.2) is 23.4 Å². The Morgan fingerprint density at radius 1 is 1.33 bits per heavy atom. The van der Waals surface area contributed by atoms with Gasteiger partial charge in [-0.2, -0.15) is 13.9 Å². The number of aromatic amines is 1. The number of hydrogen-bond acceptors (Lipinski definition) is 4. The summed E-state index contributed by atoms with van der Waals surface area (Å²) in [6.07, 6.45) is 1.84. The molecule has 1 saturated heterocycles. The van der Waals surface area contributed by atoms with Gasteiger partial charge < -0.3 is 15.2 Å². The number of benzene rings is 1. The second-order valence-electron chi connectivity index (χ2n) is 4.80. The third-order valence-electron chi connectivity index (χ3n) is 3.44. The molecule has 0 amide bonds. The molecule has 2 aromatic rings. The zero-order chi connectivity index (χ0) is 14.8. The Bertz CT molecular complexity index is 607. The first-order valence-corrected chi connectivity index (χ1v) is 6.65. The molecular weight excluding hydrogens is 280 g/mol. The molecule has 0 saturated carbocycles. The van der Waals surface area contributed by atoms with Crippen molar-refractivity contribution in [3.05, 3.63) is 30.0 Å². The van der Waals surface area contributed by atoms with Gasteiger partial charge in [0.05, 0.1) is 11.8 Å². The second kappa shape index (κ2) is 5.69. The quantitative estimate of drug-likeness (QED) is 0.909. The number of nitrogens with one attached hydrogen (secondary N) is 1. The van der Waals surface area contributed by atoms with E-state index in [1.54, 1.807) is 12.1 Å². The minimum absolute atomic E-state index is 0.0539. The van der Waals surface area contributed by atoms with E-state index in [0.29, 0.717) is 12.4 Å². The van der Waals surface area contributed by atoms with E-state index in [-0.39, 0.29) is 11.9 Å². The molecule has 1 aliphatic rings. The van der Waals surface area contributed by atoms with Crippen LogP contribution in [0.15, 0.2) is 24.3 Å². The molecule has 1 atom stereocenters. The third kappa shape index (κ3) is 2.82.